The van der Waals surface area contributed by atoms with Gasteiger partial charge < -0.3 is 22.5 Å². The van der Waals surface area contributed by atoms with E-state index in [1.165, 1.54) is 0 Å². The molecular weight excluding hydrogens is 462 g/mol. The van der Waals surface area contributed by atoms with Gasteiger partial charge in [0, 0.05) is 29.4 Å². The Morgan fingerprint density at radius 2 is 2.00 bits per heavy atom. The van der Waals surface area contributed by atoms with Gasteiger partial charge >= 0.3 is 0 Å². The molecular formula is C19H22BrClN5OS-. The van der Waals surface area contributed by atoms with E-state index >= 15 is 0 Å². The molecule has 2 aromatic carbocycles. The van der Waals surface area contributed by atoms with Gasteiger partial charge in [0.25, 0.3) is 0 Å². The van der Waals surface area contributed by atoms with E-state index in [-0.39, 0.29) is 12.4 Å². The Kier molecular flexibility index (Phi) is 9.77. The minimum Gasteiger partial charge on any atom is -1.00 e. The van der Waals surface area contributed by atoms with Crippen LogP contribution in [0.25, 0.3) is 0 Å². The first-order chi connectivity index (χ1) is 13.2. The van der Waals surface area contributed by atoms with E-state index in [0.717, 1.165) is 51.8 Å². The average Bonchev–Trinajstić information content (AvgIpc) is 3.09. The van der Waals surface area contributed by atoms with E-state index < -0.39 is 0 Å². The molecule has 0 aliphatic rings. The molecule has 28 heavy (non-hydrogen) atoms. The Morgan fingerprint density at radius 1 is 1.18 bits per heavy atom. The summed E-state index contributed by atoms with van der Waals surface area (Å²) in [5.74, 6) is 1.88. The Bertz CT molecular complexity index is 849. The van der Waals surface area contributed by atoms with Crippen LogP contribution >= 0.6 is 27.7 Å². The minimum atomic E-state index is 0. The summed E-state index contributed by atoms with van der Waals surface area (Å²) in [6.07, 6.45) is 1.03. The maximum absolute atomic E-state index is 6.03. The lowest BCUT2D eigenvalue weighted by Crippen LogP contribution is -3.00. The van der Waals surface area contributed by atoms with Crippen molar-refractivity contribution in [3.63, 3.8) is 0 Å². The number of ether oxygens (including phenoxy) is 1. The van der Waals surface area contributed by atoms with E-state index in [1.54, 1.807) is 16.4 Å². The van der Waals surface area contributed by atoms with Crippen molar-refractivity contribution < 1.29 is 17.1 Å². The number of thioether (sulfide) groups is 1. The SMILES string of the molecule is Cn1nnnc1SCCCNCc1cc(Br)ccc1OCc1ccccc1.[Cl-]. The molecule has 1 heterocycles. The third-order valence-corrected chi connectivity index (χ3v) is 5.48. The number of tetrazole rings is 1. The highest BCUT2D eigenvalue weighted by atomic mass is 79.9. The van der Waals surface area contributed by atoms with E-state index in [1.807, 2.05) is 37.4 Å². The highest BCUT2D eigenvalue weighted by Gasteiger charge is 2.06. The lowest BCUT2D eigenvalue weighted by Gasteiger charge is -2.13. The number of nitrogens with zero attached hydrogens (tertiary/aromatic N) is 4. The second-order valence-corrected chi connectivity index (χ2v) is 7.97. The highest BCUT2D eigenvalue weighted by molar-refractivity contribution is 9.10. The van der Waals surface area contributed by atoms with Gasteiger partial charge in [-0.2, -0.15) is 0 Å². The second-order valence-electron chi connectivity index (χ2n) is 5.99. The molecule has 0 aliphatic heterocycles. The normalized spacial score (nSPS) is 10.5. The number of hydrogen-bond donors (Lipinski definition) is 1. The predicted octanol–water partition coefficient (Wildman–Crippen LogP) is 0.828. The van der Waals surface area contributed by atoms with Crippen LogP contribution < -0.4 is 22.5 Å². The van der Waals surface area contributed by atoms with Crippen molar-refractivity contribution >= 4 is 27.7 Å². The average molecular weight is 484 g/mol. The van der Waals surface area contributed by atoms with Gasteiger partial charge in [-0.05, 0) is 47.2 Å². The molecule has 1 N–H and O–H groups in total. The molecule has 0 radical (unpaired) electrons. The first-order valence-corrected chi connectivity index (χ1v) is 10.5. The molecule has 0 saturated heterocycles. The van der Waals surface area contributed by atoms with Crippen LogP contribution in [0.2, 0.25) is 0 Å². The van der Waals surface area contributed by atoms with Gasteiger partial charge in [-0.1, -0.05) is 58.0 Å². The van der Waals surface area contributed by atoms with Crippen LogP contribution in [-0.4, -0.2) is 32.5 Å². The first-order valence-electron chi connectivity index (χ1n) is 8.73. The van der Waals surface area contributed by atoms with Crippen LogP contribution in [0, 0.1) is 0 Å². The predicted molar refractivity (Wildman–Crippen MR) is 111 cm³/mol. The largest absolute Gasteiger partial charge is 1.00 e. The molecule has 0 spiro atoms. The number of halogens is 2. The van der Waals surface area contributed by atoms with Crippen molar-refractivity contribution in [3.8, 4) is 5.75 Å². The summed E-state index contributed by atoms with van der Waals surface area (Å²) >= 11 is 5.21. The topological polar surface area (TPSA) is 64.9 Å². The minimum absolute atomic E-state index is 0. The molecule has 6 nitrogen and oxygen atoms in total. The van der Waals surface area contributed by atoms with Crippen LogP contribution in [0.3, 0.4) is 0 Å². The number of nitrogens with one attached hydrogen (secondary N) is 1. The van der Waals surface area contributed by atoms with Gasteiger partial charge in [-0.15, -0.1) is 5.10 Å². The zero-order valence-corrected chi connectivity index (χ0v) is 18.7. The summed E-state index contributed by atoms with van der Waals surface area (Å²) in [5, 5.41) is 15.8. The number of aryl methyl sites for hydroxylation is 1. The fourth-order valence-electron chi connectivity index (χ4n) is 2.49. The van der Waals surface area contributed by atoms with Crippen molar-refractivity contribution in [1.82, 2.24) is 25.5 Å². The summed E-state index contributed by atoms with van der Waals surface area (Å²) in [6, 6.07) is 16.3. The Balaban J connectivity index is 0.00000280. The lowest BCUT2D eigenvalue weighted by atomic mass is 10.2. The fraction of sp³-hybridized carbons (Fsp3) is 0.316. The lowest BCUT2D eigenvalue weighted by molar-refractivity contribution is -0.00000591. The van der Waals surface area contributed by atoms with Crippen molar-refractivity contribution in [1.29, 1.82) is 0 Å². The molecule has 0 unspecified atom stereocenters. The number of aromatic nitrogens is 4. The smallest absolute Gasteiger partial charge is 0.209 e. The first kappa shape index (κ1) is 22.7. The molecule has 0 aliphatic carbocycles. The molecule has 0 saturated carbocycles. The van der Waals surface area contributed by atoms with E-state index in [2.05, 4.69) is 55.0 Å². The molecule has 0 amide bonds. The van der Waals surface area contributed by atoms with Crippen LogP contribution in [0.1, 0.15) is 17.5 Å². The summed E-state index contributed by atoms with van der Waals surface area (Å²) in [7, 11) is 1.85. The summed E-state index contributed by atoms with van der Waals surface area (Å²) < 4.78 is 8.77. The standard InChI is InChI=1S/C19H22BrN5OS.ClH/c1-25-19(22-23-24-25)27-11-5-10-21-13-16-12-17(20)8-9-18(16)26-14-15-6-3-2-4-7-15;/h2-4,6-9,12,21H,5,10-11,13-14H2,1H3;1H/p-1. The van der Waals surface area contributed by atoms with Crippen LogP contribution in [0.5, 0.6) is 5.75 Å². The summed E-state index contributed by atoms with van der Waals surface area (Å²) in [4.78, 5) is 0. The zero-order valence-electron chi connectivity index (χ0n) is 15.5. The van der Waals surface area contributed by atoms with Crippen molar-refractivity contribution in [2.24, 2.45) is 7.05 Å². The van der Waals surface area contributed by atoms with Crippen molar-refractivity contribution in [3.05, 3.63) is 64.1 Å². The Hall–Kier alpha value is -1.61. The molecule has 9 heteroatoms. The van der Waals surface area contributed by atoms with Crippen molar-refractivity contribution in [2.45, 2.75) is 24.7 Å². The number of benzene rings is 2. The van der Waals surface area contributed by atoms with E-state index in [9.17, 15) is 0 Å². The molecule has 3 rings (SSSR count). The highest BCUT2D eigenvalue weighted by Crippen LogP contribution is 2.24. The summed E-state index contributed by atoms with van der Waals surface area (Å²) in [5.41, 5.74) is 2.31. The molecule has 0 bridgehead atoms. The van der Waals surface area contributed by atoms with Gasteiger partial charge in [-0.25, -0.2) is 4.68 Å². The Labute approximate surface area is 184 Å². The van der Waals surface area contributed by atoms with Crippen LogP contribution in [-0.2, 0) is 20.2 Å². The van der Waals surface area contributed by atoms with Crippen LogP contribution in [0.4, 0.5) is 0 Å². The fourth-order valence-corrected chi connectivity index (χ4v) is 3.69. The molecule has 3 aromatic rings. The number of rotatable bonds is 10. The monoisotopic (exact) mass is 482 g/mol. The third-order valence-electron chi connectivity index (χ3n) is 3.89. The van der Waals surface area contributed by atoms with Gasteiger partial charge in [0.2, 0.25) is 5.16 Å². The van der Waals surface area contributed by atoms with Crippen LogP contribution in [0.15, 0.2) is 58.2 Å². The molecule has 0 fully saturated rings. The Morgan fingerprint density at radius 3 is 2.75 bits per heavy atom. The maximum atomic E-state index is 6.03. The quantitative estimate of drug-likeness (QED) is 0.340. The molecule has 1 aromatic heterocycles. The molecule has 150 valence electrons. The van der Waals surface area contributed by atoms with E-state index in [0.29, 0.717) is 6.61 Å². The second kappa shape index (κ2) is 12.1. The van der Waals surface area contributed by atoms with Gasteiger partial charge in [0.1, 0.15) is 12.4 Å². The summed E-state index contributed by atoms with van der Waals surface area (Å²) in [6.45, 7) is 2.25. The number of hydrogen-bond acceptors (Lipinski definition) is 6. The molecule has 0 atom stereocenters. The van der Waals surface area contributed by atoms with Gasteiger partial charge in [0.05, 0.1) is 0 Å². The third kappa shape index (κ3) is 7.09. The maximum Gasteiger partial charge on any atom is 0.209 e. The zero-order chi connectivity index (χ0) is 18.9. The van der Waals surface area contributed by atoms with Gasteiger partial charge in [0.15, 0.2) is 0 Å². The van der Waals surface area contributed by atoms with Gasteiger partial charge in [-0.3, -0.25) is 0 Å². The van der Waals surface area contributed by atoms with Crippen molar-refractivity contribution in [2.75, 3.05) is 12.3 Å². The van der Waals surface area contributed by atoms with E-state index in [4.69, 9.17) is 4.74 Å².